The number of aliphatic hydroxyl groups excluding tert-OH is 1. The van der Waals surface area contributed by atoms with E-state index in [1.807, 2.05) is 4.90 Å². The maximum Gasteiger partial charge on any atom is 0.244 e. The zero-order chi connectivity index (χ0) is 15.4. The Morgan fingerprint density at radius 1 is 1.27 bits per heavy atom. The van der Waals surface area contributed by atoms with E-state index in [-0.39, 0.29) is 25.0 Å². The first-order valence-electron chi connectivity index (χ1n) is 7.79. The molecular weight excluding hydrogens is 286 g/mol. The molecule has 0 bridgehead atoms. The number of likely N-dealkylation sites (tertiary alicyclic amines) is 1. The lowest BCUT2D eigenvalue weighted by atomic mass is 9.96. The van der Waals surface area contributed by atoms with Crippen molar-refractivity contribution in [2.24, 2.45) is 11.8 Å². The minimum atomic E-state index is 0.0356. The third kappa shape index (κ3) is 3.63. The van der Waals surface area contributed by atoms with Crippen LogP contribution in [0.1, 0.15) is 0 Å². The van der Waals surface area contributed by atoms with Gasteiger partial charge in [0.25, 0.3) is 0 Å². The van der Waals surface area contributed by atoms with E-state index in [1.54, 1.807) is 12.4 Å². The van der Waals surface area contributed by atoms with Gasteiger partial charge in [-0.15, -0.1) is 5.10 Å². The van der Waals surface area contributed by atoms with Gasteiger partial charge >= 0.3 is 0 Å². The first-order chi connectivity index (χ1) is 10.8. The smallest absolute Gasteiger partial charge is 0.244 e. The van der Waals surface area contributed by atoms with Crippen LogP contribution in [0, 0.1) is 11.8 Å². The minimum Gasteiger partial charge on any atom is -0.396 e. The topological polar surface area (TPSA) is 83.7 Å². The van der Waals surface area contributed by atoms with Crippen LogP contribution in [0.25, 0.3) is 0 Å². The number of hydrogen-bond donors (Lipinski definition) is 1. The molecule has 8 nitrogen and oxygen atoms in total. The van der Waals surface area contributed by atoms with Gasteiger partial charge in [-0.3, -0.25) is 9.69 Å². The Balaban J connectivity index is 1.55. The van der Waals surface area contributed by atoms with Crippen LogP contribution >= 0.6 is 0 Å². The fourth-order valence-electron chi connectivity index (χ4n) is 3.23. The van der Waals surface area contributed by atoms with Gasteiger partial charge in [0, 0.05) is 51.4 Å². The first-order valence-corrected chi connectivity index (χ1v) is 7.79. The fraction of sp³-hybridized carbons (Fsp3) is 0.786. The van der Waals surface area contributed by atoms with Crippen molar-refractivity contribution < 1.29 is 14.6 Å². The molecular formula is C14H23N5O3. The summed E-state index contributed by atoms with van der Waals surface area (Å²) in [6, 6.07) is 0. The molecule has 1 N–H and O–H groups in total. The van der Waals surface area contributed by atoms with E-state index in [2.05, 4.69) is 15.2 Å². The SMILES string of the molecule is O=C(Cn1ccnn1)N1C[C@@H](CN2CCOCC2)[C@@H](CO)C1. The Bertz CT molecular complexity index is 475. The van der Waals surface area contributed by atoms with Crippen molar-refractivity contribution in [3.63, 3.8) is 0 Å². The van der Waals surface area contributed by atoms with Gasteiger partial charge in [0.05, 0.1) is 19.4 Å². The predicted octanol–water partition coefficient (Wildman–Crippen LogP) is -1.32. The van der Waals surface area contributed by atoms with Crippen molar-refractivity contribution in [1.29, 1.82) is 0 Å². The lowest BCUT2D eigenvalue weighted by Crippen LogP contribution is -2.41. The largest absolute Gasteiger partial charge is 0.396 e. The van der Waals surface area contributed by atoms with Crippen LogP contribution in [-0.2, 0) is 16.1 Å². The molecule has 1 aromatic heterocycles. The van der Waals surface area contributed by atoms with E-state index in [1.165, 1.54) is 4.68 Å². The molecule has 2 atom stereocenters. The monoisotopic (exact) mass is 309 g/mol. The van der Waals surface area contributed by atoms with Crippen molar-refractivity contribution >= 4 is 5.91 Å². The molecule has 1 amide bonds. The van der Waals surface area contributed by atoms with Gasteiger partial charge in [-0.25, -0.2) is 4.68 Å². The molecule has 0 unspecified atom stereocenters. The molecule has 0 saturated carbocycles. The summed E-state index contributed by atoms with van der Waals surface area (Å²) >= 11 is 0. The number of nitrogens with zero attached hydrogens (tertiary/aromatic N) is 5. The van der Waals surface area contributed by atoms with Gasteiger partial charge in [0.15, 0.2) is 0 Å². The third-order valence-corrected chi connectivity index (χ3v) is 4.53. The van der Waals surface area contributed by atoms with E-state index in [0.29, 0.717) is 19.0 Å². The van der Waals surface area contributed by atoms with Gasteiger partial charge in [-0.2, -0.15) is 0 Å². The number of rotatable bonds is 5. The number of aliphatic hydroxyl groups is 1. The Labute approximate surface area is 129 Å². The number of amides is 1. The summed E-state index contributed by atoms with van der Waals surface area (Å²) in [5.74, 6) is 0.513. The molecule has 1 aromatic rings. The lowest BCUT2D eigenvalue weighted by Gasteiger charge is -2.30. The highest BCUT2D eigenvalue weighted by Crippen LogP contribution is 2.24. The molecule has 0 aromatic carbocycles. The van der Waals surface area contributed by atoms with Crippen LogP contribution in [-0.4, -0.2) is 88.4 Å². The molecule has 3 rings (SSSR count). The summed E-state index contributed by atoms with van der Waals surface area (Å²) in [4.78, 5) is 16.5. The normalized spacial score (nSPS) is 26.5. The average Bonchev–Trinajstić information content (AvgIpc) is 3.18. The molecule has 2 aliphatic heterocycles. The fourth-order valence-corrected chi connectivity index (χ4v) is 3.23. The van der Waals surface area contributed by atoms with Gasteiger partial charge < -0.3 is 14.7 Å². The summed E-state index contributed by atoms with van der Waals surface area (Å²) in [7, 11) is 0. The minimum absolute atomic E-state index is 0.0356. The molecule has 0 spiro atoms. The van der Waals surface area contributed by atoms with Crippen LogP contribution in [0.15, 0.2) is 12.4 Å². The maximum atomic E-state index is 12.3. The molecule has 2 aliphatic rings. The summed E-state index contributed by atoms with van der Waals surface area (Å²) in [6.07, 6.45) is 3.25. The van der Waals surface area contributed by atoms with Crippen molar-refractivity contribution in [2.45, 2.75) is 6.54 Å². The highest BCUT2D eigenvalue weighted by atomic mass is 16.5. The molecule has 8 heteroatoms. The Hall–Kier alpha value is -1.51. The van der Waals surface area contributed by atoms with Crippen LogP contribution in [0.5, 0.6) is 0 Å². The van der Waals surface area contributed by atoms with Crippen LogP contribution in [0.2, 0.25) is 0 Å². The van der Waals surface area contributed by atoms with E-state index in [4.69, 9.17) is 4.74 Å². The summed E-state index contributed by atoms with van der Waals surface area (Å²) < 4.78 is 6.90. The number of morpholine rings is 1. The standard InChI is InChI=1S/C14H23N5O3/c20-11-13-9-18(14(21)10-19-2-1-15-16-19)8-12(13)7-17-3-5-22-6-4-17/h1-2,12-13,20H,3-11H2/t12-,13-/m1/s1. The maximum absolute atomic E-state index is 12.3. The lowest BCUT2D eigenvalue weighted by molar-refractivity contribution is -0.131. The van der Waals surface area contributed by atoms with Crippen molar-refractivity contribution in [3.05, 3.63) is 12.4 Å². The summed E-state index contributed by atoms with van der Waals surface area (Å²) in [5.41, 5.74) is 0. The number of aromatic nitrogens is 3. The number of hydrogen-bond acceptors (Lipinski definition) is 6. The number of carbonyl (C=O) groups excluding carboxylic acids is 1. The van der Waals surface area contributed by atoms with Gasteiger partial charge in [-0.05, 0) is 5.92 Å². The average molecular weight is 309 g/mol. The van der Waals surface area contributed by atoms with Crippen molar-refractivity contribution in [1.82, 2.24) is 24.8 Å². The van der Waals surface area contributed by atoms with E-state index in [0.717, 1.165) is 32.8 Å². The van der Waals surface area contributed by atoms with Gasteiger partial charge in [-0.1, -0.05) is 5.21 Å². The highest BCUT2D eigenvalue weighted by molar-refractivity contribution is 5.76. The van der Waals surface area contributed by atoms with Gasteiger partial charge in [0.1, 0.15) is 6.54 Å². The third-order valence-electron chi connectivity index (χ3n) is 4.53. The molecule has 0 aliphatic carbocycles. The predicted molar refractivity (Wildman–Crippen MR) is 77.9 cm³/mol. The molecule has 22 heavy (non-hydrogen) atoms. The van der Waals surface area contributed by atoms with Crippen molar-refractivity contribution in [2.75, 3.05) is 52.5 Å². The van der Waals surface area contributed by atoms with Gasteiger partial charge in [0.2, 0.25) is 5.91 Å². The van der Waals surface area contributed by atoms with E-state index >= 15 is 0 Å². The van der Waals surface area contributed by atoms with E-state index < -0.39 is 0 Å². The number of ether oxygens (including phenoxy) is 1. The summed E-state index contributed by atoms with van der Waals surface area (Å²) in [6.45, 7) is 5.99. The van der Waals surface area contributed by atoms with Crippen LogP contribution < -0.4 is 0 Å². The quantitative estimate of drug-likeness (QED) is 0.726. The van der Waals surface area contributed by atoms with E-state index in [9.17, 15) is 9.90 Å². The second-order valence-corrected chi connectivity index (χ2v) is 6.02. The van der Waals surface area contributed by atoms with Crippen LogP contribution in [0.4, 0.5) is 0 Å². The molecule has 122 valence electrons. The molecule has 2 saturated heterocycles. The summed E-state index contributed by atoms with van der Waals surface area (Å²) in [5, 5.41) is 17.1. The molecule has 2 fully saturated rings. The zero-order valence-corrected chi connectivity index (χ0v) is 12.7. The molecule has 0 radical (unpaired) electrons. The Kier molecular flexibility index (Phi) is 5.01. The zero-order valence-electron chi connectivity index (χ0n) is 12.7. The molecule has 3 heterocycles. The number of carbonyl (C=O) groups is 1. The first kappa shape index (κ1) is 15.4. The van der Waals surface area contributed by atoms with Crippen molar-refractivity contribution in [3.8, 4) is 0 Å². The Morgan fingerprint density at radius 2 is 2.05 bits per heavy atom. The second kappa shape index (κ2) is 7.17. The van der Waals surface area contributed by atoms with Crippen LogP contribution in [0.3, 0.4) is 0 Å². The second-order valence-electron chi connectivity index (χ2n) is 6.02. The highest BCUT2D eigenvalue weighted by Gasteiger charge is 2.35. The Morgan fingerprint density at radius 3 is 2.73 bits per heavy atom.